The molecular formula is C11H16BF3N2O2. The van der Waals surface area contributed by atoms with E-state index in [-0.39, 0.29) is 5.59 Å². The highest BCUT2D eigenvalue weighted by Crippen LogP contribution is 2.37. The summed E-state index contributed by atoms with van der Waals surface area (Å²) < 4.78 is 51.1. The number of halogens is 3. The van der Waals surface area contributed by atoms with Crippen LogP contribution in [-0.2, 0) is 22.5 Å². The Hall–Kier alpha value is -1.02. The van der Waals surface area contributed by atoms with Crippen molar-refractivity contribution in [2.24, 2.45) is 7.05 Å². The molecule has 19 heavy (non-hydrogen) atoms. The number of rotatable bonds is 1. The zero-order chi connectivity index (χ0) is 14.6. The number of hydrogen-bond donors (Lipinski definition) is 0. The van der Waals surface area contributed by atoms with E-state index in [1.54, 1.807) is 27.7 Å². The number of nitrogens with zero attached hydrogens (tertiary/aromatic N) is 2. The van der Waals surface area contributed by atoms with E-state index >= 15 is 0 Å². The van der Waals surface area contributed by atoms with Crippen LogP contribution in [0.5, 0.6) is 0 Å². The molecule has 1 aliphatic rings. The van der Waals surface area contributed by atoms with Crippen molar-refractivity contribution in [3.8, 4) is 0 Å². The zero-order valence-electron chi connectivity index (χ0n) is 11.5. The smallest absolute Gasteiger partial charge is 0.398 e. The monoisotopic (exact) mass is 276 g/mol. The molecule has 0 radical (unpaired) electrons. The van der Waals surface area contributed by atoms with Crippen LogP contribution in [0, 0.1) is 0 Å². The normalized spacial score (nSPS) is 22.0. The van der Waals surface area contributed by atoms with Crippen molar-refractivity contribution in [3.05, 3.63) is 11.8 Å². The Balaban J connectivity index is 2.40. The molecule has 1 aliphatic heterocycles. The first kappa shape index (κ1) is 14.4. The average Bonchev–Trinajstić information content (AvgIpc) is 2.65. The van der Waals surface area contributed by atoms with Gasteiger partial charge in [0.2, 0.25) is 0 Å². The summed E-state index contributed by atoms with van der Waals surface area (Å²) in [5.74, 6) is 0. The molecule has 0 spiro atoms. The van der Waals surface area contributed by atoms with Crippen LogP contribution >= 0.6 is 0 Å². The lowest BCUT2D eigenvalue weighted by atomic mass is 9.82. The molecule has 106 valence electrons. The topological polar surface area (TPSA) is 36.3 Å². The Labute approximate surface area is 110 Å². The standard InChI is InChI=1S/C11H16BF3N2O2/c1-9(2)10(3,4)19-12(18-9)8-7(11(13,14)15)6-17(5)16-8/h6H,1-5H3. The molecule has 8 heteroatoms. The lowest BCUT2D eigenvalue weighted by Gasteiger charge is -2.32. The van der Waals surface area contributed by atoms with Gasteiger partial charge in [-0.05, 0) is 27.7 Å². The number of aryl methyl sites for hydroxylation is 1. The molecule has 0 bridgehead atoms. The fraction of sp³-hybridized carbons (Fsp3) is 0.727. The summed E-state index contributed by atoms with van der Waals surface area (Å²) in [7, 11) is 0.326. The van der Waals surface area contributed by atoms with Gasteiger partial charge in [-0.2, -0.15) is 18.3 Å². The van der Waals surface area contributed by atoms with E-state index < -0.39 is 30.1 Å². The number of alkyl halides is 3. The van der Waals surface area contributed by atoms with Gasteiger partial charge in [-0.25, -0.2) is 0 Å². The molecule has 1 aromatic heterocycles. The van der Waals surface area contributed by atoms with Crippen molar-refractivity contribution in [2.45, 2.75) is 45.1 Å². The van der Waals surface area contributed by atoms with Gasteiger partial charge in [0.1, 0.15) is 5.59 Å². The maximum absolute atomic E-state index is 12.9. The first-order chi connectivity index (χ1) is 8.44. The Kier molecular flexibility index (Phi) is 3.02. The van der Waals surface area contributed by atoms with Crippen molar-refractivity contribution in [1.29, 1.82) is 0 Å². The fourth-order valence-electron chi connectivity index (χ4n) is 1.85. The van der Waals surface area contributed by atoms with Crippen molar-refractivity contribution >= 4 is 12.7 Å². The molecule has 0 amide bonds. The summed E-state index contributed by atoms with van der Waals surface area (Å²) in [5, 5.41) is 3.84. The highest BCUT2D eigenvalue weighted by Gasteiger charge is 2.55. The van der Waals surface area contributed by atoms with Gasteiger partial charge < -0.3 is 9.31 Å². The van der Waals surface area contributed by atoms with Crippen molar-refractivity contribution < 1.29 is 22.5 Å². The zero-order valence-corrected chi connectivity index (χ0v) is 11.5. The molecule has 1 aromatic rings. The van der Waals surface area contributed by atoms with E-state index in [9.17, 15) is 13.2 Å². The van der Waals surface area contributed by atoms with E-state index in [1.165, 1.54) is 7.05 Å². The maximum Gasteiger partial charge on any atom is 0.517 e. The van der Waals surface area contributed by atoms with Crippen LogP contribution < -0.4 is 5.59 Å². The molecule has 0 aromatic carbocycles. The van der Waals surface area contributed by atoms with Crippen molar-refractivity contribution in [1.82, 2.24) is 9.78 Å². The van der Waals surface area contributed by atoms with E-state index in [2.05, 4.69) is 5.10 Å². The second-order valence-electron chi connectivity index (χ2n) is 5.69. The quantitative estimate of drug-likeness (QED) is 0.733. The van der Waals surface area contributed by atoms with Crippen LogP contribution in [0.3, 0.4) is 0 Å². The largest absolute Gasteiger partial charge is 0.517 e. The second-order valence-corrected chi connectivity index (χ2v) is 5.69. The predicted molar refractivity (Wildman–Crippen MR) is 63.9 cm³/mol. The van der Waals surface area contributed by atoms with E-state index in [0.29, 0.717) is 0 Å². The molecule has 4 nitrogen and oxygen atoms in total. The summed E-state index contributed by atoms with van der Waals surface area (Å²) in [5.41, 5.74) is -2.45. The Morgan fingerprint density at radius 1 is 1.16 bits per heavy atom. The highest BCUT2D eigenvalue weighted by atomic mass is 19.4. The van der Waals surface area contributed by atoms with Crippen LogP contribution in [0.15, 0.2) is 6.20 Å². The van der Waals surface area contributed by atoms with Crippen LogP contribution in [-0.4, -0.2) is 28.1 Å². The molecule has 1 fully saturated rings. The third kappa shape index (κ3) is 2.39. The van der Waals surface area contributed by atoms with Crippen LogP contribution in [0.1, 0.15) is 33.3 Å². The lowest BCUT2D eigenvalue weighted by molar-refractivity contribution is -0.136. The van der Waals surface area contributed by atoms with Gasteiger partial charge in [0.15, 0.2) is 0 Å². The lowest BCUT2D eigenvalue weighted by Crippen LogP contribution is -2.41. The number of hydrogen-bond acceptors (Lipinski definition) is 3. The van der Waals surface area contributed by atoms with Crippen LogP contribution in [0.4, 0.5) is 13.2 Å². The van der Waals surface area contributed by atoms with E-state index in [1.807, 2.05) is 0 Å². The van der Waals surface area contributed by atoms with Gasteiger partial charge >= 0.3 is 13.3 Å². The molecule has 0 aliphatic carbocycles. The van der Waals surface area contributed by atoms with E-state index in [4.69, 9.17) is 9.31 Å². The summed E-state index contributed by atoms with van der Waals surface area (Å²) in [6.45, 7) is 7.12. The molecule has 0 N–H and O–H groups in total. The summed E-state index contributed by atoms with van der Waals surface area (Å²) in [6.07, 6.45) is -3.55. The first-order valence-corrected chi connectivity index (χ1v) is 5.90. The maximum atomic E-state index is 12.9. The van der Waals surface area contributed by atoms with Crippen LogP contribution in [0.2, 0.25) is 0 Å². The predicted octanol–water partition coefficient (Wildman–Crippen LogP) is 1.74. The minimum Gasteiger partial charge on any atom is -0.398 e. The second kappa shape index (κ2) is 3.99. The van der Waals surface area contributed by atoms with Crippen molar-refractivity contribution in [3.63, 3.8) is 0 Å². The molecule has 1 saturated heterocycles. The molecule has 0 unspecified atom stereocenters. The van der Waals surface area contributed by atoms with Gasteiger partial charge in [-0.3, -0.25) is 4.68 Å². The number of aromatic nitrogens is 2. The Morgan fingerprint density at radius 3 is 2.05 bits per heavy atom. The average molecular weight is 276 g/mol. The molecule has 0 atom stereocenters. The fourth-order valence-corrected chi connectivity index (χ4v) is 1.85. The van der Waals surface area contributed by atoms with Gasteiger partial charge in [-0.1, -0.05) is 0 Å². The van der Waals surface area contributed by atoms with Crippen LogP contribution in [0.25, 0.3) is 0 Å². The SMILES string of the molecule is Cn1cc(C(F)(F)F)c(B2OC(C)(C)C(C)(C)O2)n1. The molecule has 0 saturated carbocycles. The molecule has 2 rings (SSSR count). The summed E-state index contributed by atoms with van der Waals surface area (Å²) in [4.78, 5) is 0. The molecular weight excluding hydrogens is 260 g/mol. The first-order valence-electron chi connectivity index (χ1n) is 5.90. The van der Waals surface area contributed by atoms with Gasteiger partial charge in [0, 0.05) is 13.2 Å². The minimum atomic E-state index is -4.48. The third-order valence-corrected chi connectivity index (χ3v) is 3.64. The van der Waals surface area contributed by atoms with E-state index in [0.717, 1.165) is 10.9 Å². The van der Waals surface area contributed by atoms with Gasteiger partial charge in [-0.15, -0.1) is 0 Å². The Bertz CT molecular complexity index is 481. The molecule has 2 heterocycles. The highest BCUT2D eigenvalue weighted by molar-refractivity contribution is 6.61. The third-order valence-electron chi connectivity index (χ3n) is 3.64. The van der Waals surface area contributed by atoms with Crippen molar-refractivity contribution in [2.75, 3.05) is 0 Å². The summed E-state index contributed by atoms with van der Waals surface area (Å²) in [6, 6.07) is 0. The van der Waals surface area contributed by atoms with Gasteiger partial charge in [0.25, 0.3) is 0 Å². The Morgan fingerprint density at radius 2 is 1.63 bits per heavy atom. The minimum absolute atomic E-state index is 0.228. The van der Waals surface area contributed by atoms with Gasteiger partial charge in [0.05, 0.1) is 16.8 Å². The summed E-state index contributed by atoms with van der Waals surface area (Å²) >= 11 is 0.